The molecule has 2 aliphatic rings. The summed E-state index contributed by atoms with van der Waals surface area (Å²) in [5, 5.41) is 3.53. The van der Waals surface area contributed by atoms with Gasteiger partial charge in [0.05, 0.1) is 0 Å². The lowest BCUT2D eigenvalue weighted by atomic mass is 9.95. The van der Waals surface area contributed by atoms with E-state index >= 15 is 0 Å². The minimum Gasteiger partial charge on any atom is -0.310 e. The predicted molar refractivity (Wildman–Crippen MR) is 62.5 cm³/mol. The van der Waals surface area contributed by atoms with Crippen molar-refractivity contribution in [2.24, 2.45) is 11.8 Å². The summed E-state index contributed by atoms with van der Waals surface area (Å²) in [6.45, 7) is 0.681. The summed E-state index contributed by atoms with van der Waals surface area (Å²) in [5.41, 5.74) is 0.797. The number of halogens is 1. The third-order valence-electron chi connectivity index (χ3n) is 4.25. The first-order chi connectivity index (χ1) is 7.83. The maximum atomic E-state index is 13.4. The Morgan fingerprint density at radius 3 is 2.75 bits per heavy atom. The number of hydrogen-bond acceptors (Lipinski definition) is 1. The summed E-state index contributed by atoms with van der Waals surface area (Å²) in [6.07, 6.45) is 5.50. The van der Waals surface area contributed by atoms with Crippen molar-refractivity contribution in [1.29, 1.82) is 0 Å². The normalized spacial score (nSPS) is 32.2. The van der Waals surface area contributed by atoms with E-state index in [2.05, 4.69) is 5.32 Å². The van der Waals surface area contributed by atoms with Gasteiger partial charge in [-0.3, -0.25) is 0 Å². The maximum Gasteiger partial charge on any atom is 0.127 e. The number of nitrogens with one attached hydrogen (secondary N) is 1. The molecule has 0 spiro atoms. The van der Waals surface area contributed by atoms with E-state index in [1.807, 2.05) is 12.1 Å². The summed E-state index contributed by atoms with van der Waals surface area (Å²) in [4.78, 5) is 0. The number of benzene rings is 1. The van der Waals surface area contributed by atoms with Crippen LogP contribution in [0.3, 0.4) is 0 Å². The molecular formula is C14H18FN. The molecule has 2 fully saturated rings. The molecule has 0 amide bonds. The molecule has 16 heavy (non-hydrogen) atoms. The third kappa shape index (κ3) is 1.86. The van der Waals surface area contributed by atoms with E-state index in [-0.39, 0.29) is 5.82 Å². The van der Waals surface area contributed by atoms with Crippen LogP contribution in [0.1, 0.15) is 31.2 Å². The van der Waals surface area contributed by atoms with E-state index in [0.29, 0.717) is 12.6 Å². The van der Waals surface area contributed by atoms with Gasteiger partial charge >= 0.3 is 0 Å². The van der Waals surface area contributed by atoms with E-state index in [1.54, 1.807) is 6.07 Å². The van der Waals surface area contributed by atoms with Gasteiger partial charge in [-0.15, -0.1) is 0 Å². The molecular weight excluding hydrogens is 201 g/mol. The van der Waals surface area contributed by atoms with E-state index < -0.39 is 0 Å². The molecule has 86 valence electrons. The lowest BCUT2D eigenvalue weighted by Crippen LogP contribution is -2.33. The van der Waals surface area contributed by atoms with Crippen molar-refractivity contribution in [3.8, 4) is 0 Å². The number of hydrogen-bond donors (Lipinski definition) is 1. The van der Waals surface area contributed by atoms with Crippen molar-refractivity contribution in [1.82, 2.24) is 5.32 Å². The highest BCUT2D eigenvalue weighted by atomic mass is 19.1. The van der Waals surface area contributed by atoms with Gasteiger partial charge in [0, 0.05) is 18.2 Å². The Bertz CT molecular complexity index is 377. The maximum absolute atomic E-state index is 13.4. The van der Waals surface area contributed by atoms with Crippen LogP contribution in [0.2, 0.25) is 0 Å². The van der Waals surface area contributed by atoms with Crippen LogP contribution < -0.4 is 5.32 Å². The third-order valence-corrected chi connectivity index (χ3v) is 4.25. The minimum atomic E-state index is -0.0850. The van der Waals surface area contributed by atoms with Gasteiger partial charge in [-0.05, 0) is 37.2 Å². The molecule has 1 aromatic rings. The molecule has 3 atom stereocenters. The van der Waals surface area contributed by atoms with E-state index in [4.69, 9.17) is 0 Å². The van der Waals surface area contributed by atoms with Crippen LogP contribution in [0.15, 0.2) is 24.3 Å². The van der Waals surface area contributed by atoms with Gasteiger partial charge in [-0.1, -0.05) is 24.6 Å². The Balaban J connectivity index is 1.59. The molecule has 0 radical (unpaired) electrons. The van der Waals surface area contributed by atoms with Gasteiger partial charge in [0.15, 0.2) is 0 Å². The predicted octanol–water partition coefficient (Wildman–Crippen LogP) is 3.10. The Morgan fingerprint density at radius 2 is 2.06 bits per heavy atom. The Hall–Kier alpha value is -0.890. The lowest BCUT2D eigenvalue weighted by molar-refractivity contribution is 0.349. The average molecular weight is 219 g/mol. The Morgan fingerprint density at radius 1 is 1.19 bits per heavy atom. The largest absolute Gasteiger partial charge is 0.310 e. The van der Waals surface area contributed by atoms with Crippen molar-refractivity contribution in [2.45, 2.75) is 38.3 Å². The molecule has 0 aromatic heterocycles. The summed E-state index contributed by atoms with van der Waals surface area (Å²) in [6, 6.07) is 7.70. The second kappa shape index (κ2) is 4.17. The fourth-order valence-electron chi connectivity index (χ4n) is 3.38. The summed E-state index contributed by atoms with van der Waals surface area (Å²) in [7, 11) is 0. The Labute approximate surface area is 96.1 Å². The van der Waals surface area contributed by atoms with Crippen LogP contribution in [0, 0.1) is 17.7 Å². The van der Waals surface area contributed by atoms with Crippen molar-refractivity contribution in [2.75, 3.05) is 0 Å². The molecule has 0 unspecified atom stereocenters. The van der Waals surface area contributed by atoms with Gasteiger partial charge in [-0.25, -0.2) is 4.39 Å². The van der Waals surface area contributed by atoms with Crippen molar-refractivity contribution in [3.05, 3.63) is 35.6 Å². The average Bonchev–Trinajstić information content (AvgIpc) is 2.90. The zero-order valence-corrected chi connectivity index (χ0v) is 9.45. The lowest BCUT2D eigenvalue weighted by Gasteiger charge is -2.23. The highest BCUT2D eigenvalue weighted by Gasteiger charge is 2.38. The SMILES string of the molecule is Fc1ccccc1CN[C@@H]1C[C@H]2CC[C@@H]1C2. The van der Waals surface area contributed by atoms with Gasteiger partial charge in [-0.2, -0.15) is 0 Å². The smallest absolute Gasteiger partial charge is 0.127 e. The highest BCUT2D eigenvalue weighted by molar-refractivity contribution is 5.17. The molecule has 0 saturated heterocycles. The topological polar surface area (TPSA) is 12.0 Å². The molecule has 2 bridgehead atoms. The summed E-state index contributed by atoms with van der Waals surface area (Å²) < 4.78 is 13.4. The van der Waals surface area contributed by atoms with Gasteiger partial charge in [0.1, 0.15) is 5.82 Å². The van der Waals surface area contributed by atoms with Gasteiger partial charge in [0.2, 0.25) is 0 Å². The van der Waals surface area contributed by atoms with Crippen LogP contribution in [0.4, 0.5) is 4.39 Å². The van der Waals surface area contributed by atoms with Gasteiger partial charge in [0.25, 0.3) is 0 Å². The van der Waals surface area contributed by atoms with E-state index in [9.17, 15) is 4.39 Å². The molecule has 1 N–H and O–H groups in total. The highest BCUT2D eigenvalue weighted by Crippen LogP contribution is 2.44. The number of fused-ring (bicyclic) bond motifs is 2. The summed E-state index contributed by atoms with van der Waals surface area (Å²) in [5.74, 6) is 1.72. The van der Waals surface area contributed by atoms with Crippen LogP contribution >= 0.6 is 0 Å². The molecule has 2 saturated carbocycles. The molecule has 1 nitrogen and oxygen atoms in total. The first-order valence-electron chi connectivity index (χ1n) is 6.29. The van der Waals surface area contributed by atoms with Crippen LogP contribution in [0.25, 0.3) is 0 Å². The fraction of sp³-hybridized carbons (Fsp3) is 0.571. The molecule has 3 rings (SSSR count). The molecule has 0 aliphatic heterocycles. The Kier molecular flexibility index (Phi) is 2.68. The van der Waals surface area contributed by atoms with E-state index in [1.165, 1.54) is 31.7 Å². The zero-order chi connectivity index (χ0) is 11.0. The minimum absolute atomic E-state index is 0.0850. The van der Waals surface area contributed by atoms with E-state index in [0.717, 1.165) is 17.4 Å². The quantitative estimate of drug-likeness (QED) is 0.823. The fourth-order valence-corrected chi connectivity index (χ4v) is 3.38. The summed E-state index contributed by atoms with van der Waals surface area (Å²) >= 11 is 0. The molecule has 2 aliphatic carbocycles. The standard InChI is InChI=1S/C14H18FN/c15-13-4-2-1-3-12(13)9-16-14-8-10-5-6-11(14)7-10/h1-4,10-11,14,16H,5-9H2/t10-,11+,14+/m0/s1. The monoisotopic (exact) mass is 219 g/mol. The molecule has 0 heterocycles. The first-order valence-corrected chi connectivity index (χ1v) is 6.29. The second-order valence-electron chi connectivity index (χ2n) is 5.25. The van der Waals surface area contributed by atoms with Crippen LogP contribution in [-0.2, 0) is 6.54 Å². The van der Waals surface area contributed by atoms with Crippen molar-refractivity contribution < 1.29 is 4.39 Å². The van der Waals surface area contributed by atoms with Crippen molar-refractivity contribution in [3.63, 3.8) is 0 Å². The molecule has 1 aromatic carbocycles. The zero-order valence-electron chi connectivity index (χ0n) is 9.45. The van der Waals surface area contributed by atoms with Crippen LogP contribution in [0.5, 0.6) is 0 Å². The van der Waals surface area contributed by atoms with Crippen LogP contribution in [-0.4, -0.2) is 6.04 Å². The second-order valence-corrected chi connectivity index (χ2v) is 5.25. The van der Waals surface area contributed by atoms with Gasteiger partial charge < -0.3 is 5.32 Å². The van der Waals surface area contributed by atoms with Crippen molar-refractivity contribution >= 4 is 0 Å². The molecule has 2 heteroatoms. The first kappa shape index (κ1) is 10.3. The number of rotatable bonds is 3.